The van der Waals surface area contributed by atoms with Crippen molar-refractivity contribution in [2.75, 3.05) is 14.2 Å². The van der Waals surface area contributed by atoms with Crippen LogP contribution in [0.4, 0.5) is 0 Å². The van der Waals surface area contributed by atoms with Crippen LogP contribution in [0.1, 0.15) is 21.6 Å². The molecule has 2 aromatic carbocycles. The van der Waals surface area contributed by atoms with Gasteiger partial charge in [-0.2, -0.15) is 5.10 Å². The first-order valence-corrected chi connectivity index (χ1v) is 8.34. The third-order valence-electron chi connectivity index (χ3n) is 4.62. The van der Waals surface area contributed by atoms with E-state index in [2.05, 4.69) is 10.2 Å². The van der Waals surface area contributed by atoms with Crippen molar-refractivity contribution in [3.8, 4) is 22.8 Å². The van der Waals surface area contributed by atoms with Crippen molar-refractivity contribution in [3.05, 3.63) is 65.4 Å². The third kappa shape index (κ3) is 2.69. The van der Waals surface area contributed by atoms with E-state index in [0.717, 1.165) is 28.3 Å². The minimum Gasteiger partial charge on any atom is -0.497 e. The molecular weight excluding hydrogens is 330 g/mol. The van der Waals surface area contributed by atoms with E-state index in [0.29, 0.717) is 24.4 Å². The van der Waals surface area contributed by atoms with Gasteiger partial charge in [-0.15, -0.1) is 0 Å². The number of methoxy groups -OCH3 is 2. The Morgan fingerprint density at radius 3 is 2.62 bits per heavy atom. The van der Waals surface area contributed by atoms with Gasteiger partial charge in [-0.25, -0.2) is 0 Å². The molecule has 3 aromatic rings. The lowest BCUT2D eigenvalue weighted by molar-refractivity contribution is 0.0749. The Balaban J connectivity index is 1.67. The summed E-state index contributed by atoms with van der Waals surface area (Å²) < 4.78 is 10.8. The molecule has 0 radical (unpaired) electrons. The number of rotatable bonds is 4. The van der Waals surface area contributed by atoms with Gasteiger partial charge < -0.3 is 14.4 Å². The largest absolute Gasteiger partial charge is 0.497 e. The molecule has 4 rings (SSSR count). The average molecular weight is 349 g/mol. The lowest BCUT2D eigenvalue weighted by Gasteiger charge is -2.16. The van der Waals surface area contributed by atoms with Crippen LogP contribution < -0.4 is 9.47 Å². The lowest BCUT2D eigenvalue weighted by Crippen LogP contribution is -2.25. The van der Waals surface area contributed by atoms with Gasteiger partial charge in [0.2, 0.25) is 0 Å². The normalized spacial score (nSPS) is 12.8. The van der Waals surface area contributed by atoms with Gasteiger partial charge in [0.1, 0.15) is 17.2 Å². The van der Waals surface area contributed by atoms with Gasteiger partial charge in [-0.3, -0.25) is 9.89 Å². The summed E-state index contributed by atoms with van der Waals surface area (Å²) >= 11 is 0. The first kappa shape index (κ1) is 16.2. The number of amides is 1. The maximum atomic E-state index is 12.7. The van der Waals surface area contributed by atoms with Crippen LogP contribution >= 0.6 is 0 Å². The topological polar surface area (TPSA) is 67.5 Å². The molecule has 6 heteroatoms. The van der Waals surface area contributed by atoms with Crippen LogP contribution in [0.5, 0.6) is 11.5 Å². The summed E-state index contributed by atoms with van der Waals surface area (Å²) in [4.78, 5) is 14.5. The number of carbonyl (C=O) groups is 1. The van der Waals surface area contributed by atoms with Crippen LogP contribution in [0.15, 0.2) is 48.5 Å². The fourth-order valence-corrected chi connectivity index (χ4v) is 3.27. The molecule has 1 N–H and O–H groups in total. The molecule has 0 aliphatic carbocycles. The van der Waals surface area contributed by atoms with E-state index in [4.69, 9.17) is 9.47 Å². The molecule has 0 saturated heterocycles. The lowest BCUT2D eigenvalue weighted by atomic mass is 10.1. The second kappa shape index (κ2) is 6.55. The Hall–Kier alpha value is -3.28. The standard InChI is InChI=1S/C20H19N3O3/c1-25-14-8-9-18(26-2)15(10-14)19-16-11-23(12-17(16)21-22-19)20(24)13-6-4-3-5-7-13/h3-10H,11-12H2,1-2H3,(H,21,22). The van der Waals surface area contributed by atoms with E-state index in [1.54, 1.807) is 14.2 Å². The minimum absolute atomic E-state index is 0.0127. The Morgan fingerprint density at radius 1 is 1.08 bits per heavy atom. The van der Waals surface area contributed by atoms with E-state index in [1.807, 2.05) is 53.4 Å². The van der Waals surface area contributed by atoms with Crippen molar-refractivity contribution >= 4 is 5.91 Å². The molecule has 0 atom stereocenters. The molecule has 132 valence electrons. The highest BCUT2D eigenvalue weighted by Gasteiger charge is 2.30. The van der Waals surface area contributed by atoms with Gasteiger partial charge >= 0.3 is 0 Å². The van der Waals surface area contributed by atoms with E-state index >= 15 is 0 Å². The summed E-state index contributed by atoms with van der Waals surface area (Å²) in [6.45, 7) is 1.03. The van der Waals surface area contributed by atoms with Crippen LogP contribution in [0.25, 0.3) is 11.3 Å². The Labute approximate surface area is 151 Å². The maximum absolute atomic E-state index is 12.7. The van der Waals surface area contributed by atoms with Crippen LogP contribution in [0.3, 0.4) is 0 Å². The van der Waals surface area contributed by atoms with Gasteiger partial charge in [0.05, 0.1) is 33.0 Å². The summed E-state index contributed by atoms with van der Waals surface area (Å²) in [5, 5.41) is 7.53. The van der Waals surface area contributed by atoms with Crippen molar-refractivity contribution in [1.82, 2.24) is 15.1 Å². The van der Waals surface area contributed by atoms with Crippen molar-refractivity contribution < 1.29 is 14.3 Å². The molecule has 1 aliphatic heterocycles. The van der Waals surface area contributed by atoms with Crippen LogP contribution in [-0.2, 0) is 13.1 Å². The Bertz CT molecular complexity index is 950. The quantitative estimate of drug-likeness (QED) is 0.785. The number of benzene rings is 2. The number of H-pyrrole nitrogens is 1. The molecule has 0 bridgehead atoms. The molecule has 0 fully saturated rings. The van der Waals surface area contributed by atoms with Crippen molar-refractivity contribution in [2.24, 2.45) is 0 Å². The van der Waals surface area contributed by atoms with Gasteiger partial charge in [0.25, 0.3) is 5.91 Å². The molecule has 1 aliphatic rings. The molecule has 0 saturated carbocycles. The zero-order chi connectivity index (χ0) is 18.1. The van der Waals surface area contributed by atoms with Crippen LogP contribution in [0, 0.1) is 0 Å². The number of hydrogen-bond acceptors (Lipinski definition) is 4. The molecule has 1 aromatic heterocycles. The van der Waals surface area contributed by atoms with Crippen LogP contribution in [0.2, 0.25) is 0 Å². The summed E-state index contributed by atoms with van der Waals surface area (Å²) in [6, 6.07) is 14.9. The summed E-state index contributed by atoms with van der Waals surface area (Å²) in [7, 11) is 3.25. The van der Waals surface area contributed by atoms with E-state index in [1.165, 1.54) is 0 Å². The first-order chi connectivity index (χ1) is 12.7. The van der Waals surface area contributed by atoms with Gasteiger partial charge in [-0.1, -0.05) is 18.2 Å². The highest BCUT2D eigenvalue weighted by Crippen LogP contribution is 2.38. The maximum Gasteiger partial charge on any atom is 0.254 e. The second-order valence-electron chi connectivity index (χ2n) is 6.12. The van der Waals surface area contributed by atoms with Gasteiger partial charge in [0, 0.05) is 16.7 Å². The number of nitrogens with zero attached hydrogens (tertiary/aromatic N) is 2. The fraction of sp³-hybridized carbons (Fsp3) is 0.200. The van der Waals surface area contributed by atoms with E-state index in [-0.39, 0.29) is 5.91 Å². The number of nitrogens with one attached hydrogen (secondary N) is 1. The third-order valence-corrected chi connectivity index (χ3v) is 4.62. The summed E-state index contributed by atoms with van der Waals surface area (Å²) in [6.07, 6.45) is 0. The zero-order valence-electron chi connectivity index (χ0n) is 14.7. The van der Waals surface area contributed by atoms with Crippen molar-refractivity contribution in [1.29, 1.82) is 0 Å². The highest BCUT2D eigenvalue weighted by atomic mass is 16.5. The molecule has 26 heavy (non-hydrogen) atoms. The number of ether oxygens (including phenoxy) is 2. The van der Waals surface area contributed by atoms with E-state index in [9.17, 15) is 4.79 Å². The number of aromatic amines is 1. The molecule has 0 unspecified atom stereocenters. The number of aromatic nitrogens is 2. The highest BCUT2D eigenvalue weighted by molar-refractivity contribution is 5.94. The zero-order valence-corrected chi connectivity index (χ0v) is 14.7. The molecule has 1 amide bonds. The SMILES string of the molecule is COc1ccc(OC)c(-c2n[nH]c3c2CN(C(=O)c2ccccc2)C3)c1. The van der Waals surface area contributed by atoms with Gasteiger partial charge in [-0.05, 0) is 30.3 Å². The summed E-state index contributed by atoms with van der Waals surface area (Å²) in [5.74, 6) is 1.46. The predicted molar refractivity (Wildman–Crippen MR) is 97.1 cm³/mol. The minimum atomic E-state index is 0.0127. The first-order valence-electron chi connectivity index (χ1n) is 8.34. The number of carbonyl (C=O) groups excluding carboxylic acids is 1. The predicted octanol–water partition coefficient (Wildman–Crippen LogP) is 3.25. The second-order valence-corrected chi connectivity index (χ2v) is 6.12. The molecule has 6 nitrogen and oxygen atoms in total. The Kier molecular flexibility index (Phi) is 4.08. The average Bonchev–Trinajstić information content (AvgIpc) is 3.28. The monoisotopic (exact) mass is 349 g/mol. The summed E-state index contributed by atoms with van der Waals surface area (Å²) in [5.41, 5.74) is 4.29. The molecule has 2 heterocycles. The van der Waals surface area contributed by atoms with E-state index < -0.39 is 0 Å². The fourth-order valence-electron chi connectivity index (χ4n) is 3.27. The molecular formula is C20H19N3O3. The number of fused-ring (bicyclic) bond motifs is 1. The van der Waals surface area contributed by atoms with Crippen LogP contribution in [-0.4, -0.2) is 35.2 Å². The van der Waals surface area contributed by atoms with Crippen molar-refractivity contribution in [3.63, 3.8) is 0 Å². The molecule has 0 spiro atoms. The van der Waals surface area contributed by atoms with Gasteiger partial charge in [0.15, 0.2) is 0 Å². The van der Waals surface area contributed by atoms with Crippen molar-refractivity contribution in [2.45, 2.75) is 13.1 Å². The Morgan fingerprint density at radius 2 is 1.88 bits per heavy atom. The number of hydrogen-bond donors (Lipinski definition) is 1. The smallest absolute Gasteiger partial charge is 0.254 e.